The number of para-hydroxylation sites is 5. The Morgan fingerprint density at radius 3 is 1.98 bits per heavy atom. The van der Waals surface area contributed by atoms with Gasteiger partial charge in [-0.3, -0.25) is 0 Å². The van der Waals surface area contributed by atoms with Crippen LogP contribution in [0, 0.1) is 0 Å². The van der Waals surface area contributed by atoms with E-state index in [2.05, 4.69) is 210 Å². The molecular weight excluding hydrogens is 645 g/mol. The third-order valence-electron chi connectivity index (χ3n) is 10.6. The summed E-state index contributed by atoms with van der Waals surface area (Å²) in [5.74, 6) is 0. The molecule has 252 valence electrons. The standard InChI is InChI=1S/C49H36N4/c1-52-45-27-15-13-25-43(45)51-48(33-16-4-2-5-17-33)49(52)34-28-30-35(31-29-34)50-42-24-12-10-21-38(42)41-32-46-47(39-22-9-8-20-37(39)41)40-23-11-14-26-44(40)53(46)36-18-6-3-7-19-36/h2-32,49-50H,1H3. The second-order valence-electron chi connectivity index (χ2n) is 13.7. The van der Waals surface area contributed by atoms with Gasteiger partial charge in [-0.25, -0.2) is 4.99 Å². The van der Waals surface area contributed by atoms with Crippen molar-refractivity contribution < 1.29 is 0 Å². The predicted octanol–water partition coefficient (Wildman–Crippen LogP) is 12.7. The van der Waals surface area contributed by atoms with Gasteiger partial charge in [0.2, 0.25) is 0 Å². The quantitative estimate of drug-likeness (QED) is 0.190. The third kappa shape index (κ3) is 5.18. The number of anilines is 3. The van der Waals surface area contributed by atoms with Gasteiger partial charge in [0.1, 0.15) is 0 Å². The Labute approximate surface area is 308 Å². The van der Waals surface area contributed by atoms with Gasteiger partial charge in [-0.15, -0.1) is 0 Å². The Morgan fingerprint density at radius 1 is 0.528 bits per heavy atom. The van der Waals surface area contributed by atoms with Crippen LogP contribution in [0.3, 0.4) is 0 Å². The molecule has 0 bridgehead atoms. The van der Waals surface area contributed by atoms with Crippen molar-refractivity contribution in [3.8, 4) is 16.8 Å². The Morgan fingerprint density at radius 2 is 1.17 bits per heavy atom. The highest BCUT2D eigenvalue weighted by Gasteiger charge is 2.30. The summed E-state index contributed by atoms with van der Waals surface area (Å²) in [7, 11) is 2.17. The largest absolute Gasteiger partial charge is 0.360 e. The Hall–Kier alpha value is -6.91. The number of fused-ring (bicyclic) bond motifs is 6. The van der Waals surface area contributed by atoms with Crippen molar-refractivity contribution in [3.05, 3.63) is 199 Å². The molecule has 0 amide bonds. The summed E-state index contributed by atoms with van der Waals surface area (Å²) in [5.41, 5.74) is 13.5. The summed E-state index contributed by atoms with van der Waals surface area (Å²) < 4.78 is 2.41. The molecule has 1 N–H and O–H groups in total. The lowest BCUT2D eigenvalue weighted by Crippen LogP contribution is -2.33. The van der Waals surface area contributed by atoms with Crippen LogP contribution >= 0.6 is 0 Å². The first-order valence-electron chi connectivity index (χ1n) is 18.2. The number of benzene rings is 8. The number of nitrogens with zero attached hydrogens (tertiary/aromatic N) is 3. The minimum absolute atomic E-state index is 0.0249. The second kappa shape index (κ2) is 12.7. The zero-order chi connectivity index (χ0) is 35.3. The first kappa shape index (κ1) is 30.9. The summed E-state index contributed by atoms with van der Waals surface area (Å²) in [5, 5.41) is 8.82. The summed E-state index contributed by atoms with van der Waals surface area (Å²) in [6.07, 6.45) is 0. The number of likely N-dealkylation sites (N-methyl/N-ethyl adjacent to an activating group) is 1. The van der Waals surface area contributed by atoms with Gasteiger partial charge < -0.3 is 14.8 Å². The molecule has 0 fully saturated rings. The van der Waals surface area contributed by atoms with E-state index in [4.69, 9.17) is 4.99 Å². The molecule has 1 aliphatic heterocycles. The van der Waals surface area contributed by atoms with Crippen LogP contribution in [0.1, 0.15) is 17.2 Å². The second-order valence-corrected chi connectivity index (χ2v) is 13.7. The third-order valence-corrected chi connectivity index (χ3v) is 10.6. The van der Waals surface area contributed by atoms with E-state index in [1.54, 1.807) is 0 Å². The Kier molecular flexibility index (Phi) is 7.40. The average Bonchev–Trinajstić information content (AvgIpc) is 3.56. The van der Waals surface area contributed by atoms with E-state index in [-0.39, 0.29) is 6.04 Å². The monoisotopic (exact) mass is 680 g/mol. The van der Waals surface area contributed by atoms with E-state index in [0.29, 0.717) is 0 Å². The molecule has 1 atom stereocenters. The number of aromatic nitrogens is 1. The maximum absolute atomic E-state index is 5.20. The summed E-state index contributed by atoms with van der Waals surface area (Å²) in [6.45, 7) is 0. The zero-order valence-corrected chi connectivity index (χ0v) is 29.3. The highest BCUT2D eigenvalue weighted by atomic mass is 15.2. The van der Waals surface area contributed by atoms with E-state index in [9.17, 15) is 0 Å². The molecule has 4 nitrogen and oxygen atoms in total. The van der Waals surface area contributed by atoms with Crippen molar-refractivity contribution in [1.29, 1.82) is 0 Å². The molecular formula is C49H36N4. The van der Waals surface area contributed by atoms with Gasteiger partial charge in [0.15, 0.2) is 0 Å². The van der Waals surface area contributed by atoms with E-state index < -0.39 is 0 Å². The average molecular weight is 681 g/mol. The highest BCUT2D eigenvalue weighted by molar-refractivity contribution is 6.24. The number of hydrogen-bond donors (Lipinski definition) is 1. The van der Waals surface area contributed by atoms with E-state index in [1.165, 1.54) is 43.7 Å². The molecule has 0 saturated carbocycles. The number of aliphatic imine (C=N–C) groups is 1. The highest BCUT2D eigenvalue weighted by Crippen LogP contribution is 2.44. The Bertz CT molecular complexity index is 2820. The van der Waals surface area contributed by atoms with Gasteiger partial charge in [0.25, 0.3) is 0 Å². The van der Waals surface area contributed by atoms with E-state index in [0.717, 1.165) is 45.3 Å². The Balaban J connectivity index is 1.07. The molecule has 53 heavy (non-hydrogen) atoms. The lowest BCUT2D eigenvalue weighted by molar-refractivity contribution is 0.836. The van der Waals surface area contributed by atoms with Crippen molar-refractivity contribution in [2.75, 3.05) is 17.3 Å². The van der Waals surface area contributed by atoms with Crippen LogP contribution < -0.4 is 10.2 Å². The first-order chi connectivity index (χ1) is 26.2. The van der Waals surface area contributed by atoms with Crippen molar-refractivity contribution in [2.24, 2.45) is 4.99 Å². The minimum Gasteiger partial charge on any atom is -0.360 e. The lowest BCUT2D eigenvalue weighted by atomic mass is 9.92. The number of hydrogen-bond acceptors (Lipinski definition) is 3. The normalized spacial score (nSPS) is 14.0. The van der Waals surface area contributed by atoms with Crippen LogP contribution in [-0.4, -0.2) is 17.3 Å². The molecule has 10 rings (SSSR count). The van der Waals surface area contributed by atoms with Gasteiger partial charge in [0, 0.05) is 40.4 Å². The smallest absolute Gasteiger partial charge is 0.0970 e. The van der Waals surface area contributed by atoms with Gasteiger partial charge in [-0.2, -0.15) is 0 Å². The van der Waals surface area contributed by atoms with Gasteiger partial charge in [0.05, 0.1) is 34.2 Å². The molecule has 0 spiro atoms. The first-order valence-corrected chi connectivity index (χ1v) is 18.2. The van der Waals surface area contributed by atoms with Gasteiger partial charge in [-0.05, 0) is 82.1 Å². The van der Waals surface area contributed by atoms with Crippen molar-refractivity contribution in [2.45, 2.75) is 6.04 Å². The molecule has 0 aliphatic carbocycles. The molecule has 8 aromatic carbocycles. The molecule has 1 unspecified atom stereocenters. The SMILES string of the molecule is CN1c2ccccc2N=C(c2ccccc2)C1c1ccc(Nc2ccccc2-c2cc3c(c4ccccc24)c2ccccc2n3-c2ccccc2)cc1. The maximum atomic E-state index is 5.20. The molecule has 9 aromatic rings. The summed E-state index contributed by atoms with van der Waals surface area (Å²) in [6, 6.07) is 67.1. The van der Waals surface area contributed by atoms with Gasteiger partial charge in [-0.1, -0.05) is 133 Å². The molecule has 2 heterocycles. The van der Waals surface area contributed by atoms with Crippen molar-refractivity contribution in [1.82, 2.24) is 4.57 Å². The van der Waals surface area contributed by atoms with Crippen molar-refractivity contribution >= 4 is 61.0 Å². The van der Waals surface area contributed by atoms with Crippen molar-refractivity contribution in [3.63, 3.8) is 0 Å². The fourth-order valence-corrected chi connectivity index (χ4v) is 8.22. The molecule has 0 radical (unpaired) electrons. The summed E-state index contributed by atoms with van der Waals surface area (Å²) >= 11 is 0. The topological polar surface area (TPSA) is 32.6 Å². The van der Waals surface area contributed by atoms with Gasteiger partial charge >= 0.3 is 0 Å². The predicted molar refractivity (Wildman–Crippen MR) is 224 cm³/mol. The zero-order valence-electron chi connectivity index (χ0n) is 29.3. The molecule has 0 saturated heterocycles. The fourth-order valence-electron chi connectivity index (χ4n) is 8.22. The number of nitrogens with one attached hydrogen (secondary N) is 1. The van der Waals surface area contributed by atoms with E-state index >= 15 is 0 Å². The van der Waals surface area contributed by atoms with E-state index in [1.807, 2.05) is 0 Å². The molecule has 1 aromatic heterocycles. The van der Waals surface area contributed by atoms with Crippen LogP contribution in [-0.2, 0) is 0 Å². The number of rotatable bonds is 6. The molecule has 1 aliphatic rings. The van der Waals surface area contributed by atoms with Crippen LogP contribution in [0.5, 0.6) is 0 Å². The fraction of sp³-hybridized carbons (Fsp3) is 0.0408. The van der Waals surface area contributed by atoms with Crippen LogP contribution in [0.15, 0.2) is 193 Å². The van der Waals surface area contributed by atoms with Crippen LogP contribution in [0.4, 0.5) is 22.7 Å². The minimum atomic E-state index is -0.0249. The maximum Gasteiger partial charge on any atom is 0.0970 e. The van der Waals surface area contributed by atoms with Crippen LogP contribution in [0.25, 0.3) is 49.4 Å². The lowest BCUT2D eigenvalue weighted by Gasteiger charge is -2.36. The summed E-state index contributed by atoms with van der Waals surface area (Å²) in [4.78, 5) is 7.55. The molecule has 4 heteroatoms. The van der Waals surface area contributed by atoms with Crippen LogP contribution in [0.2, 0.25) is 0 Å².